The minimum Gasteiger partial charge on any atom is -0.465 e. The second-order valence-electron chi connectivity index (χ2n) is 4.23. The third-order valence-corrected chi connectivity index (χ3v) is 4.23. The quantitative estimate of drug-likeness (QED) is 0.756. The number of ether oxygens (including phenoxy) is 1. The first-order valence-electron chi connectivity index (χ1n) is 6.28. The average Bonchev–Trinajstić information content (AvgIpc) is 2.49. The fraction of sp³-hybridized carbons (Fsp3) is 0.188. The topological polar surface area (TPSA) is 26.3 Å². The summed E-state index contributed by atoms with van der Waals surface area (Å²) in [6, 6.07) is 13.4. The Morgan fingerprint density at radius 2 is 1.90 bits per heavy atom. The van der Waals surface area contributed by atoms with Gasteiger partial charge in [-0.05, 0) is 48.4 Å². The molecule has 0 aliphatic carbocycles. The highest BCUT2D eigenvalue weighted by atomic mass is 35.5. The van der Waals surface area contributed by atoms with E-state index in [1.807, 2.05) is 42.5 Å². The summed E-state index contributed by atoms with van der Waals surface area (Å²) in [5.74, 6) is -0.309. The number of halogens is 1. The molecule has 0 spiro atoms. The van der Waals surface area contributed by atoms with Gasteiger partial charge in [0, 0.05) is 14.8 Å². The predicted molar refractivity (Wildman–Crippen MR) is 82.7 cm³/mol. The van der Waals surface area contributed by atoms with Gasteiger partial charge < -0.3 is 4.74 Å². The van der Waals surface area contributed by atoms with Gasteiger partial charge in [-0.25, -0.2) is 4.79 Å². The molecule has 0 bridgehead atoms. The van der Waals surface area contributed by atoms with Gasteiger partial charge in [-0.1, -0.05) is 36.4 Å². The molecule has 0 saturated heterocycles. The SMILES string of the molecule is CCc1ccc(Sc2ccc(Cl)cc2)c(C(=O)OC)c1. The number of hydrogen-bond acceptors (Lipinski definition) is 3. The minimum absolute atomic E-state index is 0.309. The van der Waals surface area contributed by atoms with Crippen LogP contribution in [0.3, 0.4) is 0 Å². The molecule has 0 aromatic heterocycles. The largest absolute Gasteiger partial charge is 0.465 e. The van der Waals surface area contributed by atoms with Crippen LogP contribution in [0, 0.1) is 0 Å². The lowest BCUT2D eigenvalue weighted by Crippen LogP contribution is -2.04. The zero-order chi connectivity index (χ0) is 14.5. The van der Waals surface area contributed by atoms with Crippen molar-refractivity contribution >= 4 is 29.3 Å². The summed E-state index contributed by atoms with van der Waals surface area (Å²) in [6.07, 6.45) is 0.885. The Morgan fingerprint density at radius 1 is 1.20 bits per heavy atom. The molecule has 0 aliphatic rings. The second-order valence-corrected chi connectivity index (χ2v) is 5.78. The number of hydrogen-bond donors (Lipinski definition) is 0. The van der Waals surface area contributed by atoms with E-state index >= 15 is 0 Å². The molecular formula is C16H15ClO2S. The van der Waals surface area contributed by atoms with Crippen molar-refractivity contribution in [2.75, 3.05) is 7.11 Å². The van der Waals surface area contributed by atoms with E-state index in [4.69, 9.17) is 16.3 Å². The third-order valence-electron chi connectivity index (χ3n) is 2.90. The van der Waals surface area contributed by atoms with Crippen LogP contribution in [0.1, 0.15) is 22.8 Å². The van der Waals surface area contributed by atoms with E-state index in [0.717, 1.165) is 21.8 Å². The van der Waals surface area contributed by atoms with Crippen LogP contribution in [0.4, 0.5) is 0 Å². The van der Waals surface area contributed by atoms with Crippen LogP contribution in [0.25, 0.3) is 0 Å². The molecule has 0 aliphatic heterocycles. The van der Waals surface area contributed by atoms with E-state index in [-0.39, 0.29) is 5.97 Å². The summed E-state index contributed by atoms with van der Waals surface area (Å²) in [4.78, 5) is 13.8. The van der Waals surface area contributed by atoms with Crippen LogP contribution in [-0.4, -0.2) is 13.1 Å². The van der Waals surface area contributed by atoms with Crippen LogP contribution < -0.4 is 0 Å². The lowest BCUT2D eigenvalue weighted by Gasteiger charge is -2.09. The van der Waals surface area contributed by atoms with Gasteiger partial charge >= 0.3 is 5.97 Å². The summed E-state index contributed by atoms with van der Waals surface area (Å²) in [6.45, 7) is 2.06. The molecule has 4 heteroatoms. The minimum atomic E-state index is -0.309. The molecule has 0 radical (unpaired) electrons. The van der Waals surface area contributed by atoms with Crippen molar-refractivity contribution in [3.8, 4) is 0 Å². The van der Waals surface area contributed by atoms with Gasteiger partial charge in [-0.2, -0.15) is 0 Å². The Kier molecular flexibility index (Phi) is 5.10. The molecule has 20 heavy (non-hydrogen) atoms. The lowest BCUT2D eigenvalue weighted by atomic mass is 10.1. The molecule has 2 nitrogen and oxygen atoms in total. The molecule has 0 atom stereocenters. The van der Waals surface area contributed by atoms with Crippen molar-refractivity contribution in [1.82, 2.24) is 0 Å². The molecule has 0 fully saturated rings. The first kappa shape index (κ1) is 14.9. The van der Waals surface area contributed by atoms with E-state index in [9.17, 15) is 4.79 Å². The standard InChI is InChI=1S/C16H15ClO2S/c1-3-11-4-9-15(14(10-11)16(18)19-2)20-13-7-5-12(17)6-8-13/h4-10H,3H2,1-2H3. The summed E-state index contributed by atoms with van der Waals surface area (Å²) >= 11 is 7.40. The Morgan fingerprint density at radius 3 is 2.50 bits per heavy atom. The van der Waals surface area contributed by atoms with Crippen LogP contribution in [0.5, 0.6) is 0 Å². The molecule has 2 aromatic rings. The zero-order valence-electron chi connectivity index (χ0n) is 11.4. The summed E-state index contributed by atoms with van der Waals surface area (Å²) in [5.41, 5.74) is 1.72. The first-order chi connectivity index (χ1) is 9.63. The summed E-state index contributed by atoms with van der Waals surface area (Å²) in [7, 11) is 1.40. The van der Waals surface area contributed by atoms with E-state index in [0.29, 0.717) is 10.6 Å². The van der Waals surface area contributed by atoms with Crippen LogP contribution in [-0.2, 0) is 11.2 Å². The molecule has 104 valence electrons. The smallest absolute Gasteiger partial charge is 0.339 e. The van der Waals surface area contributed by atoms with Gasteiger partial charge in [0.05, 0.1) is 12.7 Å². The summed E-state index contributed by atoms with van der Waals surface area (Å²) in [5, 5.41) is 0.698. The van der Waals surface area contributed by atoms with Gasteiger partial charge in [-0.15, -0.1) is 0 Å². The van der Waals surface area contributed by atoms with E-state index in [1.165, 1.54) is 18.9 Å². The molecule has 0 amide bonds. The fourth-order valence-corrected chi connectivity index (χ4v) is 2.83. The average molecular weight is 307 g/mol. The number of esters is 1. The van der Waals surface area contributed by atoms with Gasteiger partial charge in [-0.3, -0.25) is 0 Å². The van der Waals surface area contributed by atoms with Crippen LogP contribution in [0.2, 0.25) is 5.02 Å². The highest BCUT2D eigenvalue weighted by Gasteiger charge is 2.13. The number of rotatable bonds is 4. The molecule has 0 saturated carbocycles. The molecule has 0 heterocycles. The number of benzene rings is 2. The lowest BCUT2D eigenvalue weighted by molar-refractivity contribution is 0.0596. The van der Waals surface area contributed by atoms with Gasteiger partial charge in [0.2, 0.25) is 0 Å². The summed E-state index contributed by atoms with van der Waals surface area (Å²) < 4.78 is 4.86. The van der Waals surface area contributed by atoms with Crippen molar-refractivity contribution in [3.63, 3.8) is 0 Å². The maximum Gasteiger partial charge on any atom is 0.339 e. The van der Waals surface area contributed by atoms with Crippen LogP contribution in [0.15, 0.2) is 52.3 Å². The van der Waals surface area contributed by atoms with Crippen molar-refractivity contribution in [3.05, 3.63) is 58.6 Å². The maximum atomic E-state index is 11.9. The molecule has 2 aromatic carbocycles. The van der Waals surface area contributed by atoms with Gasteiger partial charge in [0.25, 0.3) is 0 Å². The van der Waals surface area contributed by atoms with Crippen molar-refractivity contribution < 1.29 is 9.53 Å². The Bertz CT molecular complexity index is 608. The van der Waals surface area contributed by atoms with Crippen molar-refractivity contribution in [1.29, 1.82) is 0 Å². The molecule has 0 unspecified atom stereocenters. The number of aryl methyl sites for hydroxylation is 1. The molecular weight excluding hydrogens is 292 g/mol. The molecule has 2 rings (SSSR count). The van der Waals surface area contributed by atoms with Gasteiger partial charge in [0.15, 0.2) is 0 Å². The number of methoxy groups -OCH3 is 1. The predicted octanol–water partition coefficient (Wildman–Crippen LogP) is 4.84. The zero-order valence-corrected chi connectivity index (χ0v) is 12.9. The highest BCUT2D eigenvalue weighted by Crippen LogP contribution is 2.32. The first-order valence-corrected chi connectivity index (χ1v) is 7.48. The molecule has 0 N–H and O–H groups in total. The van der Waals surface area contributed by atoms with Crippen molar-refractivity contribution in [2.45, 2.75) is 23.1 Å². The van der Waals surface area contributed by atoms with Gasteiger partial charge in [0.1, 0.15) is 0 Å². The highest BCUT2D eigenvalue weighted by molar-refractivity contribution is 7.99. The number of carbonyl (C=O) groups is 1. The fourth-order valence-electron chi connectivity index (χ4n) is 1.79. The third kappa shape index (κ3) is 3.56. The van der Waals surface area contributed by atoms with Crippen molar-refractivity contribution in [2.24, 2.45) is 0 Å². The number of carbonyl (C=O) groups excluding carboxylic acids is 1. The Hall–Kier alpha value is -1.45. The normalized spacial score (nSPS) is 10.3. The van der Waals surface area contributed by atoms with E-state index < -0.39 is 0 Å². The second kappa shape index (κ2) is 6.82. The Balaban J connectivity index is 2.35. The van der Waals surface area contributed by atoms with E-state index in [1.54, 1.807) is 0 Å². The Labute approximate surface area is 128 Å². The maximum absolute atomic E-state index is 11.9. The van der Waals surface area contributed by atoms with E-state index in [2.05, 4.69) is 6.92 Å². The monoisotopic (exact) mass is 306 g/mol. The van der Waals surface area contributed by atoms with Crippen LogP contribution >= 0.6 is 23.4 Å².